The molecule has 2 amide bonds. The Morgan fingerprint density at radius 1 is 1.15 bits per heavy atom. The van der Waals surface area contributed by atoms with Crippen LogP contribution in [0.1, 0.15) is 94.0 Å². The van der Waals surface area contributed by atoms with Crippen molar-refractivity contribution < 1.29 is 9.59 Å². The van der Waals surface area contributed by atoms with Crippen molar-refractivity contribution in [2.24, 2.45) is 17.3 Å². The minimum Gasteiger partial charge on any atom is -0.371 e. The number of rotatable bonds is 6. The average Bonchev–Trinajstić information content (AvgIpc) is 3.03. The third-order valence-electron chi connectivity index (χ3n) is 9.09. The quantitative estimate of drug-likeness (QED) is 0.493. The third-order valence-corrected chi connectivity index (χ3v) is 9.31. The summed E-state index contributed by atoms with van der Waals surface area (Å²) in [7, 11) is 2.09. The minimum absolute atomic E-state index is 0.0824. The molecule has 1 saturated heterocycles. The first-order valence-corrected chi connectivity index (χ1v) is 13.7. The summed E-state index contributed by atoms with van der Waals surface area (Å²) >= 11 is 6.46. The van der Waals surface area contributed by atoms with Crippen LogP contribution >= 0.6 is 11.6 Å². The summed E-state index contributed by atoms with van der Waals surface area (Å²) in [4.78, 5) is 28.8. The molecule has 2 N–H and O–H groups in total. The molecule has 34 heavy (non-hydrogen) atoms. The van der Waals surface area contributed by atoms with Crippen molar-refractivity contribution in [2.75, 3.05) is 18.5 Å². The zero-order valence-electron chi connectivity index (χ0n) is 21.4. The smallest absolute Gasteiger partial charge is 0.251 e. The van der Waals surface area contributed by atoms with Crippen LogP contribution in [0.15, 0.2) is 12.1 Å². The SMILES string of the molecule is Cc1c(C(=O)NCC2C(=O)NC(C)CC2(C)C2CCCCCC2)cc(Cl)cc1N(C)C1CCC1. The lowest BCUT2D eigenvalue weighted by atomic mass is 9.60. The number of piperidine rings is 1. The van der Waals surface area contributed by atoms with Gasteiger partial charge in [0, 0.05) is 41.9 Å². The zero-order chi connectivity index (χ0) is 24.5. The second kappa shape index (κ2) is 10.5. The van der Waals surface area contributed by atoms with Crippen molar-refractivity contribution in [3.8, 4) is 0 Å². The number of nitrogens with zero attached hydrogens (tertiary/aromatic N) is 1. The van der Waals surface area contributed by atoms with Gasteiger partial charge in [0.2, 0.25) is 5.91 Å². The molecule has 6 heteroatoms. The molecule has 0 aromatic heterocycles. The van der Waals surface area contributed by atoms with Crippen molar-refractivity contribution in [2.45, 2.75) is 97.1 Å². The molecule has 1 aliphatic heterocycles. The number of hydrogen-bond acceptors (Lipinski definition) is 3. The van der Waals surface area contributed by atoms with Crippen molar-refractivity contribution in [3.05, 3.63) is 28.3 Å². The molecule has 3 aliphatic rings. The predicted octanol–water partition coefficient (Wildman–Crippen LogP) is 5.87. The number of amides is 2. The van der Waals surface area contributed by atoms with E-state index in [0.717, 1.165) is 17.7 Å². The lowest BCUT2D eigenvalue weighted by Crippen LogP contribution is -2.57. The fraction of sp³-hybridized carbons (Fsp3) is 0.714. The summed E-state index contributed by atoms with van der Waals surface area (Å²) in [5, 5.41) is 6.87. The molecule has 1 heterocycles. The van der Waals surface area contributed by atoms with Crippen LogP contribution in [0.25, 0.3) is 0 Å². The highest BCUT2D eigenvalue weighted by molar-refractivity contribution is 6.31. The van der Waals surface area contributed by atoms with Gasteiger partial charge in [-0.25, -0.2) is 0 Å². The van der Waals surface area contributed by atoms with Crippen molar-refractivity contribution >= 4 is 29.1 Å². The van der Waals surface area contributed by atoms with Crippen LogP contribution in [0.3, 0.4) is 0 Å². The summed E-state index contributed by atoms with van der Waals surface area (Å²) in [5.41, 5.74) is 2.48. The Balaban J connectivity index is 1.52. The fourth-order valence-corrected chi connectivity index (χ4v) is 6.95. The Morgan fingerprint density at radius 2 is 1.82 bits per heavy atom. The first-order valence-electron chi connectivity index (χ1n) is 13.3. The molecule has 3 fully saturated rings. The number of nitrogens with one attached hydrogen (secondary N) is 2. The minimum atomic E-state index is -0.215. The van der Waals surface area contributed by atoms with Gasteiger partial charge in [0.25, 0.3) is 5.91 Å². The van der Waals surface area contributed by atoms with Gasteiger partial charge in [-0.1, -0.05) is 44.2 Å². The summed E-state index contributed by atoms with van der Waals surface area (Å²) in [5.74, 6) is 0.255. The number of hydrogen-bond donors (Lipinski definition) is 2. The molecule has 188 valence electrons. The van der Waals surface area contributed by atoms with Gasteiger partial charge < -0.3 is 15.5 Å². The Labute approximate surface area is 210 Å². The Bertz CT molecular complexity index is 907. The molecule has 1 aromatic rings. The molecule has 2 saturated carbocycles. The molecule has 3 atom stereocenters. The first-order chi connectivity index (χ1) is 16.2. The molecule has 0 bridgehead atoms. The van der Waals surface area contributed by atoms with Gasteiger partial charge in [-0.3, -0.25) is 9.59 Å². The highest BCUT2D eigenvalue weighted by Gasteiger charge is 2.48. The number of anilines is 1. The van der Waals surface area contributed by atoms with Crippen LogP contribution in [0.5, 0.6) is 0 Å². The maximum Gasteiger partial charge on any atom is 0.251 e. The highest BCUT2D eigenvalue weighted by Crippen LogP contribution is 2.48. The van der Waals surface area contributed by atoms with E-state index in [2.05, 4.69) is 36.4 Å². The second-order valence-electron chi connectivity index (χ2n) is 11.4. The van der Waals surface area contributed by atoms with Crippen molar-refractivity contribution in [1.82, 2.24) is 10.6 Å². The number of benzene rings is 1. The van der Waals surface area contributed by atoms with Gasteiger partial charge in [-0.15, -0.1) is 0 Å². The number of halogens is 1. The second-order valence-corrected chi connectivity index (χ2v) is 11.8. The zero-order valence-corrected chi connectivity index (χ0v) is 22.1. The number of carbonyl (C=O) groups is 2. The molecule has 2 aliphatic carbocycles. The van der Waals surface area contributed by atoms with E-state index in [-0.39, 0.29) is 29.2 Å². The van der Waals surface area contributed by atoms with Crippen LogP contribution in [0.2, 0.25) is 5.02 Å². The lowest BCUT2D eigenvalue weighted by molar-refractivity contribution is -0.136. The Kier molecular flexibility index (Phi) is 7.81. The number of carbonyl (C=O) groups excluding carboxylic acids is 2. The van der Waals surface area contributed by atoms with E-state index in [1.54, 1.807) is 6.07 Å². The molecule has 0 radical (unpaired) electrons. The van der Waals surface area contributed by atoms with E-state index in [0.29, 0.717) is 29.1 Å². The van der Waals surface area contributed by atoms with Crippen LogP contribution in [-0.2, 0) is 4.79 Å². The third kappa shape index (κ3) is 5.10. The van der Waals surface area contributed by atoms with Gasteiger partial charge in [0.15, 0.2) is 0 Å². The van der Waals surface area contributed by atoms with E-state index in [1.807, 2.05) is 13.0 Å². The summed E-state index contributed by atoms with van der Waals surface area (Å²) in [6.07, 6.45) is 12.0. The molecule has 3 unspecified atom stereocenters. The largest absolute Gasteiger partial charge is 0.371 e. The van der Waals surface area contributed by atoms with Gasteiger partial charge in [0.1, 0.15) is 0 Å². The fourth-order valence-electron chi connectivity index (χ4n) is 6.74. The van der Waals surface area contributed by atoms with E-state index in [4.69, 9.17) is 11.6 Å². The maximum absolute atomic E-state index is 13.4. The lowest BCUT2D eigenvalue weighted by Gasteiger charge is -2.48. The Hall–Kier alpha value is -1.75. The molecular weight excluding hydrogens is 446 g/mol. The van der Waals surface area contributed by atoms with Gasteiger partial charge in [-0.05, 0) is 81.4 Å². The molecule has 1 aromatic carbocycles. The van der Waals surface area contributed by atoms with Crippen molar-refractivity contribution in [3.63, 3.8) is 0 Å². The normalized spacial score (nSPS) is 28.6. The van der Waals surface area contributed by atoms with E-state index in [1.165, 1.54) is 57.8 Å². The van der Waals surface area contributed by atoms with E-state index < -0.39 is 0 Å². The first kappa shape index (κ1) is 25.3. The summed E-state index contributed by atoms with van der Waals surface area (Å²) in [6, 6.07) is 4.41. The molecular formula is C28H42ClN3O2. The van der Waals surface area contributed by atoms with Gasteiger partial charge >= 0.3 is 0 Å². The van der Waals surface area contributed by atoms with Crippen LogP contribution in [0.4, 0.5) is 5.69 Å². The summed E-state index contributed by atoms with van der Waals surface area (Å²) in [6.45, 7) is 6.77. The maximum atomic E-state index is 13.4. The van der Waals surface area contributed by atoms with Gasteiger partial charge in [-0.2, -0.15) is 0 Å². The van der Waals surface area contributed by atoms with Crippen LogP contribution < -0.4 is 15.5 Å². The molecule has 4 rings (SSSR count). The van der Waals surface area contributed by atoms with Crippen molar-refractivity contribution in [1.29, 1.82) is 0 Å². The van der Waals surface area contributed by atoms with Crippen LogP contribution in [-0.4, -0.2) is 37.5 Å². The molecule has 0 spiro atoms. The predicted molar refractivity (Wildman–Crippen MR) is 140 cm³/mol. The van der Waals surface area contributed by atoms with E-state index >= 15 is 0 Å². The average molecular weight is 488 g/mol. The van der Waals surface area contributed by atoms with Gasteiger partial charge in [0.05, 0.1) is 5.92 Å². The Morgan fingerprint density at radius 3 is 2.44 bits per heavy atom. The standard InChI is InChI=1S/C28H42ClN3O2/c1-18-16-28(3,20-10-7-5-6-8-11-20)24(27(34)31-18)17-30-26(33)23-14-21(29)15-25(19(23)2)32(4)22-12-9-13-22/h14-15,18,20,22,24H,5-13,16-17H2,1-4H3,(H,30,33)(H,31,34). The highest BCUT2D eigenvalue weighted by atomic mass is 35.5. The molecule has 5 nitrogen and oxygen atoms in total. The van der Waals surface area contributed by atoms with E-state index in [9.17, 15) is 9.59 Å². The monoisotopic (exact) mass is 487 g/mol. The summed E-state index contributed by atoms with van der Waals surface area (Å²) < 4.78 is 0. The topological polar surface area (TPSA) is 61.4 Å². The van der Waals surface area contributed by atoms with Crippen LogP contribution in [0, 0.1) is 24.2 Å².